The zero-order valence-corrected chi connectivity index (χ0v) is 10.8. The highest BCUT2D eigenvalue weighted by Crippen LogP contribution is 2.30. The predicted molar refractivity (Wildman–Crippen MR) is 72.9 cm³/mol. The van der Waals surface area contributed by atoms with Gasteiger partial charge in [-0.2, -0.15) is 0 Å². The molecule has 1 atom stereocenters. The summed E-state index contributed by atoms with van der Waals surface area (Å²) in [6.07, 6.45) is -0.646. The highest BCUT2D eigenvalue weighted by atomic mass is 16.5. The lowest BCUT2D eigenvalue weighted by Crippen LogP contribution is -2.04. The van der Waals surface area contributed by atoms with Crippen molar-refractivity contribution in [3.63, 3.8) is 0 Å². The Morgan fingerprint density at radius 1 is 1.11 bits per heavy atom. The number of aliphatic hydroxyl groups is 1. The summed E-state index contributed by atoms with van der Waals surface area (Å²) in [5, 5.41) is 10.4. The molecule has 2 aromatic carbocycles. The van der Waals surface area contributed by atoms with Gasteiger partial charge in [-0.25, -0.2) is 0 Å². The number of aliphatic hydroxyl groups excluding tert-OH is 1. The summed E-state index contributed by atoms with van der Waals surface area (Å²) in [5.74, 6) is 0.749. The summed E-state index contributed by atoms with van der Waals surface area (Å²) in [5.41, 5.74) is 2.82. The fraction of sp³-hybridized carbons (Fsp3) is 0.250. The number of benzene rings is 2. The Kier molecular flexibility index (Phi) is 4.00. The summed E-state index contributed by atoms with van der Waals surface area (Å²) in [7, 11) is 0. The third-order valence-electron chi connectivity index (χ3n) is 2.88. The topological polar surface area (TPSA) is 29.5 Å². The van der Waals surface area contributed by atoms with E-state index in [1.165, 1.54) is 0 Å². The molecule has 2 aromatic rings. The van der Waals surface area contributed by atoms with Crippen LogP contribution in [-0.2, 0) is 0 Å². The first-order valence-electron chi connectivity index (χ1n) is 6.18. The van der Waals surface area contributed by atoms with Crippen LogP contribution in [0.4, 0.5) is 0 Å². The maximum Gasteiger partial charge on any atom is 0.125 e. The van der Waals surface area contributed by atoms with Crippen LogP contribution in [0.25, 0.3) is 0 Å². The van der Waals surface area contributed by atoms with Gasteiger partial charge in [0, 0.05) is 5.56 Å². The molecule has 0 bridgehead atoms. The number of hydrogen-bond donors (Lipinski definition) is 1. The Labute approximate surface area is 108 Å². The van der Waals surface area contributed by atoms with E-state index in [0.717, 1.165) is 22.4 Å². The zero-order valence-electron chi connectivity index (χ0n) is 10.8. The maximum atomic E-state index is 10.4. The fourth-order valence-electron chi connectivity index (χ4n) is 1.98. The van der Waals surface area contributed by atoms with E-state index in [9.17, 15) is 5.11 Å². The third-order valence-corrected chi connectivity index (χ3v) is 2.88. The molecule has 0 aliphatic rings. The van der Waals surface area contributed by atoms with E-state index < -0.39 is 6.10 Å². The van der Waals surface area contributed by atoms with Gasteiger partial charge in [0.15, 0.2) is 0 Å². The van der Waals surface area contributed by atoms with Crippen molar-refractivity contribution in [2.75, 3.05) is 6.61 Å². The number of rotatable bonds is 4. The van der Waals surface area contributed by atoms with Gasteiger partial charge in [-0.1, -0.05) is 42.0 Å². The molecule has 18 heavy (non-hydrogen) atoms. The van der Waals surface area contributed by atoms with E-state index in [1.807, 2.05) is 62.4 Å². The molecule has 94 valence electrons. The molecular formula is C16H18O2. The Morgan fingerprint density at radius 2 is 1.83 bits per heavy atom. The molecule has 0 spiro atoms. The lowest BCUT2D eigenvalue weighted by atomic mass is 9.99. The molecular weight excluding hydrogens is 224 g/mol. The second-order valence-corrected chi connectivity index (χ2v) is 4.29. The first-order valence-corrected chi connectivity index (χ1v) is 6.18. The van der Waals surface area contributed by atoms with Crippen LogP contribution < -0.4 is 4.74 Å². The zero-order chi connectivity index (χ0) is 13.0. The second kappa shape index (κ2) is 5.69. The molecule has 0 saturated carbocycles. The minimum Gasteiger partial charge on any atom is -0.493 e. The molecule has 1 N–H and O–H groups in total. The average Bonchev–Trinajstić information content (AvgIpc) is 2.41. The van der Waals surface area contributed by atoms with Gasteiger partial charge in [0.05, 0.1) is 6.61 Å². The van der Waals surface area contributed by atoms with Crippen molar-refractivity contribution in [2.45, 2.75) is 20.0 Å². The van der Waals surface area contributed by atoms with Crippen molar-refractivity contribution in [3.05, 3.63) is 65.2 Å². The lowest BCUT2D eigenvalue weighted by molar-refractivity contribution is 0.212. The largest absolute Gasteiger partial charge is 0.493 e. The van der Waals surface area contributed by atoms with Gasteiger partial charge >= 0.3 is 0 Å². The summed E-state index contributed by atoms with van der Waals surface area (Å²) in [6.45, 7) is 4.55. The van der Waals surface area contributed by atoms with Crippen molar-refractivity contribution < 1.29 is 9.84 Å². The molecule has 0 heterocycles. The SMILES string of the molecule is CCOc1ccc(C)cc1C(O)c1ccccc1. The molecule has 0 fully saturated rings. The number of aryl methyl sites for hydroxylation is 1. The van der Waals surface area contributed by atoms with Gasteiger partial charge in [0.1, 0.15) is 11.9 Å². The van der Waals surface area contributed by atoms with Gasteiger partial charge in [0.2, 0.25) is 0 Å². The molecule has 0 aliphatic carbocycles. The van der Waals surface area contributed by atoms with Crippen LogP contribution in [-0.4, -0.2) is 11.7 Å². The Morgan fingerprint density at radius 3 is 2.50 bits per heavy atom. The molecule has 2 rings (SSSR count). The minimum atomic E-state index is -0.646. The van der Waals surface area contributed by atoms with Crippen LogP contribution in [0.2, 0.25) is 0 Å². The molecule has 2 nitrogen and oxygen atoms in total. The maximum absolute atomic E-state index is 10.4. The molecule has 0 aromatic heterocycles. The van der Waals surface area contributed by atoms with Crippen molar-refractivity contribution in [2.24, 2.45) is 0 Å². The van der Waals surface area contributed by atoms with Gasteiger partial charge in [-0.3, -0.25) is 0 Å². The van der Waals surface area contributed by atoms with Crippen LogP contribution in [0.3, 0.4) is 0 Å². The molecule has 0 saturated heterocycles. The van der Waals surface area contributed by atoms with Gasteiger partial charge in [0.25, 0.3) is 0 Å². The average molecular weight is 242 g/mol. The summed E-state index contributed by atoms with van der Waals surface area (Å²) in [6, 6.07) is 15.5. The van der Waals surface area contributed by atoms with Crippen molar-refractivity contribution >= 4 is 0 Å². The molecule has 0 radical (unpaired) electrons. The van der Waals surface area contributed by atoms with E-state index in [1.54, 1.807) is 0 Å². The highest BCUT2D eigenvalue weighted by molar-refractivity contribution is 5.42. The van der Waals surface area contributed by atoms with E-state index >= 15 is 0 Å². The highest BCUT2D eigenvalue weighted by Gasteiger charge is 2.15. The number of ether oxygens (including phenoxy) is 1. The van der Waals surface area contributed by atoms with Gasteiger partial charge in [-0.05, 0) is 31.5 Å². The number of hydrogen-bond acceptors (Lipinski definition) is 2. The van der Waals surface area contributed by atoms with Gasteiger partial charge in [-0.15, -0.1) is 0 Å². The molecule has 1 unspecified atom stereocenters. The lowest BCUT2D eigenvalue weighted by Gasteiger charge is -2.16. The van der Waals surface area contributed by atoms with E-state index in [0.29, 0.717) is 6.61 Å². The standard InChI is InChI=1S/C16H18O2/c1-3-18-15-10-9-12(2)11-14(15)16(17)13-7-5-4-6-8-13/h4-11,16-17H,3H2,1-2H3. The second-order valence-electron chi connectivity index (χ2n) is 4.29. The first-order chi connectivity index (χ1) is 8.72. The van der Waals surface area contributed by atoms with Crippen LogP contribution in [0.5, 0.6) is 5.75 Å². The predicted octanol–water partition coefficient (Wildman–Crippen LogP) is 3.48. The Bertz CT molecular complexity index is 506. The van der Waals surface area contributed by atoms with Crippen molar-refractivity contribution in [1.29, 1.82) is 0 Å². The Hall–Kier alpha value is -1.80. The van der Waals surface area contributed by atoms with Gasteiger partial charge < -0.3 is 9.84 Å². The van der Waals surface area contributed by atoms with E-state index in [4.69, 9.17) is 4.74 Å². The molecule has 0 aliphatic heterocycles. The summed E-state index contributed by atoms with van der Waals surface area (Å²) < 4.78 is 5.57. The quantitative estimate of drug-likeness (QED) is 0.889. The van der Waals surface area contributed by atoms with Crippen LogP contribution in [0.15, 0.2) is 48.5 Å². The summed E-state index contributed by atoms with van der Waals surface area (Å²) >= 11 is 0. The van der Waals surface area contributed by atoms with Crippen molar-refractivity contribution in [1.82, 2.24) is 0 Å². The summed E-state index contributed by atoms with van der Waals surface area (Å²) in [4.78, 5) is 0. The first kappa shape index (κ1) is 12.7. The van der Waals surface area contributed by atoms with E-state index in [2.05, 4.69) is 0 Å². The fourth-order valence-corrected chi connectivity index (χ4v) is 1.98. The molecule has 0 amide bonds. The normalized spacial score (nSPS) is 12.2. The monoisotopic (exact) mass is 242 g/mol. The van der Waals surface area contributed by atoms with E-state index in [-0.39, 0.29) is 0 Å². The van der Waals surface area contributed by atoms with Crippen molar-refractivity contribution in [3.8, 4) is 5.75 Å². The van der Waals surface area contributed by atoms with Crippen LogP contribution in [0, 0.1) is 6.92 Å². The van der Waals surface area contributed by atoms with Crippen LogP contribution >= 0.6 is 0 Å². The third kappa shape index (κ3) is 2.71. The molecule has 2 heteroatoms. The Balaban J connectivity index is 2.40. The minimum absolute atomic E-state index is 0.595. The van der Waals surface area contributed by atoms with Crippen LogP contribution in [0.1, 0.15) is 29.7 Å². The smallest absolute Gasteiger partial charge is 0.125 e.